The van der Waals surface area contributed by atoms with E-state index in [9.17, 15) is 5.11 Å². The molecule has 0 aliphatic carbocycles. The van der Waals surface area contributed by atoms with Gasteiger partial charge in [-0.3, -0.25) is 0 Å². The second kappa shape index (κ2) is 6.33. The van der Waals surface area contributed by atoms with Crippen LogP contribution in [0.1, 0.15) is 22.4 Å². The third-order valence-corrected chi connectivity index (χ3v) is 4.69. The van der Waals surface area contributed by atoms with Crippen molar-refractivity contribution in [2.75, 3.05) is 13.2 Å². The first-order chi connectivity index (χ1) is 9.20. The summed E-state index contributed by atoms with van der Waals surface area (Å²) >= 11 is 1.76. The minimum atomic E-state index is -0.323. The number of nitrogens with two attached hydrogens (primary N) is 1. The lowest BCUT2D eigenvalue weighted by molar-refractivity contribution is 0.188. The Bertz CT molecular complexity index is 503. The van der Waals surface area contributed by atoms with E-state index in [1.54, 1.807) is 11.3 Å². The van der Waals surface area contributed by atoms with E-state index >= 15 is 0 Å². The van der Waals surface area contributed by atoms with Crippen LogP contribution in [0.15, 0.2) is 41.8 Å². The quantitative estimate of drug-likeness (QED) is 0.851. The third-order valence-electron chi connectivity index (χ3n) is 3.75. The van der Waals surface area contributed by atoms with Gasteiger partial charge in [-0.25, -0.2) is 0 Å². The van der Waals surface area contributed by atoms with Gasteiger partial charge < -0.3 is 10.8 Å². The predicted molar refractivity (Wildman–Crippen MR) is 81.6 cm³/mol. The van der Waals surface area contributed by atoms with Gasteiger partial charge in [-0.15, -0.1) is 11.3 Å². The van der Waals surface area contributed by atoms with Crippen molar-refractivity contribution < 1.29 is 5.11 Å². The van der Waals surface area contributed by atoms with Crippen molar-refractivity contribution in [3.8, 4) is 0 Å². The average molecular weight is 275 g/mol. The molecule has 0 bridgehead atoms. The molecule has 0 saturated carbocycles. The smallest absolute Gasteiger partial charge is 0.0540 e. The molecule has 2 nitrogen and oxygen atoms in total. The molecule has 0 spiro atoms. The SMILES string of the molecule is Cc1cccc(C(CN)(CO)CCc2cccs2)c1. The van der Waals surface area contributed by atoms with E-state index in [0.29, 0.717) is 6.54 Å². The van der Waals surface area contributed by atoms with E-state index in [1.807, 2.05) is 6.07 Å². The number of aryl methyl sites for hydroxylation is 2. The molecule has 2 rings (SSSR count). The van der Waals surface area contributed by atoms with Gasteiger partial charge in [-0.05, 0) is 36.8 Å². The van der Waals surface area contributed by atoms with Gasteiger partial charge in [-0.2, -0.15) is 0 Å². The van der Waals surface area contributed by atoms with E-state index < -0.39 is 0 Å². The van der Waals surface area contributed by atoms with Crippen molar-refractivity contribution in [3.63, 3.8) is 0 Å². The fraction of sp³-hybridized carbons (Fsp3) is 0.375. The summed E-state index contributed by atoms with van der Waals surface area (Å²) in [5.41, 5.74) is 8.02. The molecule has 0 amide bonds. The summed E-state index contributed by atoms with van der Waals surface area (Å²) in [7, 11) is 0. The van der Waals surface area contributed by atoms with E-state index in [4.69, 9.17) is 5.73 Å². The van der Waals surface area contributed by atoms with Crippen LogP contribution in [0.2, 0.25) is 0 Å². The number of rotatable bonds is 6. The minimum absolute atomic E-state index is 0.0956. The van der Waals surface area contributed by atoms with Crippen LogP contribution in [0.5, 0.6) is 0 Å². The topological polar surface area (TPSA) is 46.2 Å². The monoisotopic (exact) mass is 275 g/mol. The van der Waals surface area contributed by atoms with Crippen LogP contribution in [0.4, 0.5) is 0 Å². The number of thiophene rings is 1. The molecule has 3 N–H and O–H groups in total. The van der Waals surface area contributed by atoms with Gasteiger partial charge >= 0.3 is 0 Å². The van der Waals surface area contributed by atoms with Gasteiger partial charge in [0, 0.05) is 16.8 Å². The van der Waals surface area contributed by atoms with Crippen molar-refractivity contribution >= 4 is 11.3 Å². The number of aliphatic hydroxyl groups is 1. The van der Waals surface area contributed by atoms with Crippen molar-refractivity contribution in [1.29, 1.82) is 0 Å². The highest BCUT2D eigenvalue weighted by atomic mass is 32.1. The Morgan fingerprint density at radius 3 is 2.68 bits per heavy atom. The molecule has 0 aliphatic rings. The Labute approximate surface area is 118 Å². The molecule has 1 aromatic heterocycles. The number of aliphatic hydroxyl groups excluding tert-OH is 1. The molecule has 19 heavy (non-hydrogen) atoms. The zero-order chi connectivity index (χ0) is 13.7. The predicted octanol–water partition coefficient (Wildman–Crippen LogP) is 2.88. The lowest BCUT2D eigenvalue weighted by atomic mass is 9.77. The summed E-state index contributed by atoms with van der Waals surface area (Å²) in [6.45, 7) is 2.64. The fourth-order valence-electron chi connectivity index (χ4n) is 2.39. The molecule has 1 aromatic carbocycles. The molecule has 0 radical (unpaired) electrons. The molecule has 2 aromatic rings. The summed E-state index contributed by atoms with van der Waals surface area (Å²) in [6.07, 6.45) is 1.84. The van der Waals surface area contributed by atoms with E-state index in [2.05, 4.69) is 42.6 Å². The van der Waals surface area contributed by atoms with Crippen molar-refractivity contribution in [2.24, 2.45) is 5.73 Å². The van der Waals surface area contributed by atoms with Gasteiger partial charge in [0.15, 0.2) is 0 Å². The molecule has 0 saturated heterocycles. The molecule has 1 heterocycles. The molecule has 1 unspecified atom stereocenters. The van der Waals surface area contributed by atoms with Gasteiger partial charge in [0.05, 0.1) is 6.61 Å². The molecular formula is C16H21NOS. The molecular weight excluding hydrogens is 254 g/mol. The zero-order valence-corrected chi connectivity index (χ0v) is 12.1. The van der Waals surface area contributed by atoms with Crippen molar-refractivity contribution in [1.82, 2.24) is 0 Å². The fourth-order valence-corrected chi connectivity index (χ4v) is 3.10. The standard InChI is InChI=1S/C16H21NOS/c1-13-4-2-5-14(10-13)16(11-17,12-18)8-7-15-6-3-9-19-15/h2-6,9-10,18H,7-8,11-12,17H2,1H3. The Kier molecular flexibility index (Phi) is 4.75. The molecule has 102 valence electrons. The van der Waals surface area contributed by atoms with Crippen LogP contribution in [0, 0.1) is 6.92 Å². The molecule has 3 heteroatoms. The third kappa shape index (κ3) is 3.24. The van der Waals surface area contributed by atoms with Gasteiger partial charge in [0.1, 0.15) is 0 Å². The van der Waals surface area contributed by atoms with E-state index in [-0.39, 0.29) is 12.0 Å². The highest BCUT2D eigenvalue weighted by Gasteiger charge is 2.30. The Morgan fingerprint density at radius 2 is 2.11 bits per heavy atom. The van der Waals surface area contributed by atoms with Gasteiger partial charge in [0.2, 0.25) is 0 Å². The first-order valence-electron chi connectivity index (χ1n) is 6.61. The van der Waals surface area contributed by atoms with Gasteiger partial charge in [0.25, 0.3) is 0 Å². The van der Waals surface area contributed by atoms with Crippen LogP contribution in [-0.2, 0) is 11.8 Å². The summed E-state index contributed by atoms with van der Waals surface area (Å²) < 4.78 is 0. The van der Waals surface area contributed by atoms with Crippen molar-refractivity contribution in [3.05, 3.63) is 57.8 Å². The van der Waals surface area contributed by atoms with Crippen LogP contribution in [0.3, 0.4) is 0 Å². The second-order valence-electron chi connectivity index (χ2n) is 5.09. The Morgan fingerprint density at radius 1 is 1.26 bits per heavy atom. The van der Waals surface area contributed by atoms with Crippen LogP contribution < -0.4 is 5.73 Å². The zero-order valence-electron chi connectivity index (χ0n) is 11.3. The van der Waals surface area contributed by atoms with Crippen LogP contribution >= 0.6 is 11.3 Å². The molecule has 0 aliphatic heterocycles. The minimum Gasteiger partial charge on any atom is -0.395 e. The lowest BCUT2D eigenvalue weighted by Crippen LogP contribution is -2.39. The molecule has 0 fully saturated rings. The Balaban J connectivity index is 2.21. The number of benzene rings is 1. The van der Waals surface area contributed by atoms with Crippen LogP contribution in [-0.4, -0.2) is 18.3 Å². The lowest BCUT2D eigenvalue weighted by Gasteiger charge is -2.31. The van der Waals surface area contributed by atoms with E-state index in [1.165, 1.54) is 10.4 Å². The summed E-state index contributed by atoms with van der Waals surface area (Å²) in [5.74, 6) is 0. The Hall–Kier alpha value is -1.16. The first kappa shape index (κ1) is 14.3. The first-order valence-corrected chi connectivity index (χ1v) is 7.48. The summed E-state index contributed by atoms with van der Waals surface area (Å²) in [6, 6.07) is 12.5. The van der Waals surface area contributed by atoms with Gasteiger partial charge in [-0.1, -0.05) is 35.9 Å². The van der Waals surface area contributed by atoms with Crippen LogP contribution in [0.25, 0.3) is 0 Å². The number of hydrogen-bond donors (Lipinski definition) is 2. The normalized spacial score (nSPS) is 14.3. The number of hydrogen-bond acceptors (Lipinski definition) is 3. The maximum atomic E-state index is 9.87. The summed E-state index contributed by atoms with van der Waals surface area (Å²) in [4.78, 5) is 1.35. The van der Waals surface area contributed by atoms with E-state index in [0.717, 1.165) is 18.4 Å². The second-order valence-corrected chi connectivity index (χ2v) is 6.12. The summed E-state index contributed by atoms with van der Waals surface area (Å²) in [5, 5.41) is 12.0. The average Bonchev–Trinajstić information content (AvgIpc) is 2.94. The maximum absolute atomic E-state index is 9.87. The highest BCUT2D eigenvalue weighted by molar-refractivity contribution is 7.09. The maximum Gasteiger partial charge on any atom is 0.0540 e. The highest BCUT2D eigenvalue weighted by Crippen LogP contribution is 2.29. The van der Waals surface area contributed by atoms with Crippen molar-refractivity contribution in [2.45, 2.75) is 25.2 Å². The molecule has 1 atom stereocenters. The largest absolute Gasteiger partial charge is 0.395 e.